The average Bonchev–Trinajstić information content (AvgIpc) is 2.56. The van der Waals surface area contributed by atoms with Gasteiger partial charge in [-0.25, -0.2) is 0 Å². The second kappa shape index (κ2) is 5.87. The molecule has 0 aliphatic carbocycles. The van der Waals surface area contributed by atoms with Crippen molar-refractivity contribution in [3.8, 4) is 0 Å². The molecule has 0 radical (unpaired) electrons. The molecule has 1 nitrogen and oxygen atoms in total. The van der Waals surface area contributed by atoms with Gasteiger partial charge in [-0.05, 0) is 23.5 Å². The Bertz CT molecular complexity index is 548. The average molecular weight is 278 g/mol. The van der Waals surface area contributed by atoms with Crippen molar-refractivity contribution in [3.63, 3.8) is 0 Å². The molecular weight excluding hydrogens is 256 g/mol. The lowest BCUT2D eigenvalue weighted by Gasteiger charge is -2.43. The van der Waals surface area contributed by atoms with Crippen molar-refractivity contribution in [1.29, 1.82) is 0 Å². The molecule has 2 unspecified atom stereocenters. The summed E-state index contributed by atoms with van der Waals surface area (Å²) in [7, 11) is 0. The standard InChI is InChI=1S/C20H22O/c1-3-19-16(2)14-20(15-21-19,17-10-6-4-7-11-17)18-12-8-5-9-13-18/h3-13,16,19H,1,14-15H2,2H3. The number of ether oxygens (including phenoxy) is 1. The van der Waals surface area contributed by atoms with Crippen molar-refractivity contribution in [2.24, 2.45) is 5.92 Å². The topological polar surface area (TPSA) is 9.23 Å². The lowest BCUT2D eigenvalue weighted by Crippen LogP contribution is -2.44. The summed E-state index contributed by atoms with van der Waals surface area (Å²) in [6.45, 7) is 6.87. The fraction of sp³-hybridized carbons (Fsp3) is 0.300. The Labute approximate surface area is 127 Å². The zero-order chi connectivity index (χ0) is 14.7. The van der Waals surface area contributed by atoms with Gasteiger partial charge in [0.05, 0.1) is 12.7 Å². The molecule has 2 aromatic rings. The highest BCUT2D eigenvalue weighted by Gasteiger charge is 2.41. The van der Waals surface area contributed by atoms with E-state index in [4.69, 9.17) is 4.74 Å². The second-order valence-corrected chi connectivity index (χ2v) is 6.01. The van der Waals surface area contributed by atoms with Crippen LogP contribution in [0.1, 0.15) is 24.5 Å². The van der Waals surface area contributed by atoms with Crippen LogP contribution < -0.4 is 0 Å². The van der Waals surface area contributed by atoms with Crippen molar-refractivity contribution in [2.45, 2.75) is 24.9 Å². The summed E-state index contributed by atoms with van der Waals surface area (Å²) in [5, 5.41) is 0. The van der Waals surface area contributed by atoms with Gasteiger partial charge in [-0.2, -0.15) is 0 Å². The Balaban J connectivity index is 2.07. The molecule has 0 spiro atoms. The number of benzene rings is 2. The molecule has 2 aromatic carbocycles. The Kier molecular flexibility index (Phi) is 3.94. The van der Waals surface area contributed by atoms with Crippen LogP contribution in [0.3, 0.4) is 0 Å². The lowest BCUT2D eigenvalue weighted by molar-refractivity contribution is -0.0272. The zero-order valence-electron chi connectivity index (χ0n) is 12.5. The molecule has 1 fully saturated rings. The van der Waals surface area contributed by atoms with E-state index in [-0.39, 0.29) is 11.5 Å². The van der Waals surface area contributed by atoms with Gasteiger partial charge in [0, 0.05) is 5.41 Å². The first-order valence-corrected chi connectivity index (χ1v) is 7.61. The van der Waals surface area contributed by atoms with Gasteiger partial charge < -0.3 is 4.74 Å². The number of rotatable bonds is 3. The molecule has 108 valence electrons. The van der Waals surface area contributed by atoms with Crippen LogP contribution in [0, 0.1) is 5.92 Å². The largest absolute Gasteiger partial charge is 0.373 e. The Morgan fingerprint density at radius 2 is 1.52 bits per heavy atom. The Morgan fingerprint density at radius 1 is 1.00 bits per heavy atom. The van der Waals surface area contributed by atoms with Crippen LogP contribution in [-0.4, -0.2) is 12.7 Å². The summed E-state index contributed by atoms with van der Waals surface area (Å²) < 4.78 is 6.15. The first-order valence-electron chi connectivity index (χ1n) is 7.61. The molecule has 1 aliphatic heterocycles. The fourth-order valence-corrected chi connectivity index (χ4v) is 3.51. The molecule has 1 heterocycles. The Hall–Kier alpha value is -1.86. The maximum absolute atomic E-state index is 6.15. The van der Waals surface area contributed by atoms with Gasteiger partial charge in [0.2, 0.25) is 0 Å². The molecule has 1 saturated heterocycles. The maximum Gasteiger partial charge on any atom is 0.0779 e. The summed E-state index contributed by atoms with van der Waals surface area (Å²) in [4.78, 5) is 0. The van der Waals surface area contributed by atoms with Gasteiger partial charge in [0.1, 0.15) is 0 Å². The molecule has 0 saturated carbocycles. The summed E-state index contributed by atoms with van der Waals surface area (Å²) in [6.07, 6.45) is 3.17. The highest BCUT2D eigenvalue weighted by atomic mass is 16.5. The minimum atomic E-state index is -0.0541. The minimum absolute atomic E-state index is 0.0541. The predicted octanol–water partition coefficient (Wildman–Crippen LogP) is 4.58. The van der Waals surface area contributed by atoms with Gasteiger partial charge in [0.25, 0.3) is 0 Å². The van der Waals surface area contributed by atoms with Gasteiger partial charge in [0.15, 0.2) is 0 Å². The van der Waals surface area contributed by atoms with E-state index in [1.54, 1.807) is 0 Å². The minimum Gasteiger partial charge on any atom is -0.373 e. The number of hydrogen-bond donors (Lipinski definition) is 0. The first-order chi connectivity index (χ1) is 10.3. The van der Waals surface area contributed by atoms with Crippen LogP contribution in [0.5, 0.6) is 0 Å². The quantitative estimate of drug-likeness (QED) is 0.746. The maximum atomic E-state index is 6.15. The van der Waals surface area contributed by atoms with Gasteiger partial charge in [-0.1, -0.05) is 73.7 Å². The number of hydrogen-bond acceptors (Lipinski definition) is 1. The normalized spacial score (nSPS) is 24.4. The van der Waals surface area contributed by atoms with Crippen molar-refractivity contribution < 1.29 is 4.74 Å². The van der Waals surface area contributed by atoms with E-state index in [1.807, 2.05) is 6.08 Å². The van der Waals surface area contributed by atoms with E-state index in [0.29, 0.717) is 12.5 Å². The third-order valence-corrected chi connectivity index (χ3v) is 4.64. The molecule has 0 bridgehead atoms. The van der Waals surface area contributed by atoms with Crippen LogP contribution in [0.4, 0.5) is 0 Å². The molecule has 1 aliphatic rings. The van der Waals surface area contributed by atoms with Crippen molar-refractivity contribution in [3.05, 3.63) is 84.4 Å². The van der Waals surface area contributed by atoms with Crippen molar-refractivity contribution >= 4 is 0 Å². The molecule has 21 heavy (non-hydrogen) atoms. The summed E-state index contributed by atoms with van der Waals surface area (Å²) in [5.74, 6) is 0.455. The zero-order valence-corrected chi connectivity index (χ0v) is 12.5. The van der Waals surface area contributed by atoms with Gasteiger partial charge in [-0.15, -0.1) is 6.58 Å². The lowest BCUT2D eigenvalue weighted by atomic mass is 9.67. The predicted molar refractivity (Wildman–Crippen MR) is 87.4 cm³/mol. The van der Waals surface area contributed by atoms with E-state index in [2.05, 4.69) is 74.2 Å². The fourth-order valence-electron chi connectivity index (χ4n) is 3.51. The third-order valence-electron chi connectivity index (χ3n) is 4.64. The highest BCUT2D eigenvalue weighted by Crippen LogP contribution is 2.43. The smallest absolute Gasteiger partial charge is 0.0779 e. The van der Waals surface area contributed by atoms with Gasteiger partial charge >= 0.3 is 0 Å². The monoisotopic (exact) mass is 278 g/mol. The van der Waals surface area contributed by atoms with Crippen molar-refractivity contribution in [2.75, 3.05) is 6.61 Å². The molecule has 0 N–H and O–H groups in total. The van der Waals surface area contributed by atoms with Gasteiger partial charge in [-0.3, -0.25) is 0 Å². The first kappa shape index (κ1) is 14.1. The molecule has 3 rings (SSSR count). The molecule has 0 amide bonds. The van der Waals surface area contributed by atoms with Crippen LogP contribution >= 0.6 is 0 Å². The Morgan fingerprint density at radius 3 is 1.95 bits per heavy atom. The molecule has 0 aromatic heterocycles. The summed E-state index contributed by atoms with van der Waals surface area (Å²) >= 11 is 0. The van der Waals surface area contributed by atoms with E-state index in [9.17, 15) is 0 Å². The van der Waals surface area contributed by atoms with E-state index < -0.39 is 0 Å². The summed E-state index contributed by atoms with van der Waals surface area (Å²) in [5.41, 5.74) is 2.62. The third kappa shape index (κ3) is 2.54. The van der Waals surface area contributed by atoms with Crippen LogP contribution in [0.15, 0.2) is 73.3 Å². The van der Waals surface area contributed by atoms with Crippen LogP contribution in [0.25, 0.3) is 0 Å². The van der Waals surface area contributed by atoms with Crippen LogP contribution in [-0.2, 0) is 10.2 Å². The molecule has 2 atom stereocenters. The SMILES string of the molecule is C=CC1OCC(c2ccccc2)(c2ccccc2)CC1C. The van der Waals surface area contributed by atoms with Crippen molar-refractivity contribution in [1.82, 2.24) is 0 Å². The molecule has 1 heteroatoms. The highest BCUT2D eigenvalue weighted by molar-refractivity contribution is 5.40. The second-order valence-electron chi connectivity index (χ2n) is 6.01. The van der Waals surface area contributed by atoms with E-state index in [1.165, 1.54) is 11.1 Å². The van der Waals surface area contributed by atoms with E-state index >= 15 is 0 Å². The molecular formula is C20H22O. The summed E-state index contributed by atoms with van der Waals surface area (Å²) in [6, 6.07) is 21.5. The van der Waals surface area contributed by atoms with Crippen LogP contribution in [0.2, 0.25) is 0 Å². The van der Waals surface area contributed by atoms with E-state index in [0.717, 1.165) is 6.42 Å².